The van der Waals surface area contributed by atoms with Gasteiger partial charge in [0.25, 0.3) is 0 Å². The first-order chi connectivity index (χ1) is 10.2. The molecule has 0 aromatic heterocycles. The van der Waals surface area contributed by atoms with Gasteiger partial charge in [-0.3, -0.25) is 4.90 Å². The van der Waals surface area contributed by atoms with Crippen molar-refractivity contribution in [2.75, 3.05) is 13.6 Å². The lowest BCUT2D eigenvalue weighted by atomic mass is 10.1. The average Bonchev–Trinajstić information content (AvgIpc) is 2.49. The Balaban J connectivity index is 1.96. The molecule has 0 aliphatic heterocycles. The second-order valence-corrected chi connectivity index (χ2v) is 4.97. The van der Waals surface area contributed by atoms with Crippen LogP contribution in [0.2, 0.25) is 0 Å². The van der Waals surface area contributed by atoms with Crippen LogP contribution in [-0.4, -0.2) is 18.5 Å². The number of nitrogens with zero attached hydrogens (tertiary/aromatic N) is 1. The zero-order valence-electron chi connectivity index (χ0n) is 12.1. The van der Waals surface area contributed by atoms with Crippen molar-refractivity contribution in [3.8, 4) is 11.8 Å². The Bertz CT molecular complexity index is 638. The van der Waals surface area contributed by atoms with Gasteiger partial charge in [0.1, 0.15) is 5.82 Å². The molecule has 0 radical (unpaired) electrons. The first-order valence-corrected chi connectivity index (χ1v) is 6.89. The molecule has 108 valence electrons. The summed E-state index contributed by atoms with van der Waals surface area (Å²) in [6, 6.07) is 14.9. The summed E-state index contributed by atoms with van der Waals surface area (Å²) in [5, 5.41) is 0. The number of nitrogens with two attached hydrogens (primary N) is 1. The van der Waals surface area contributed by atoms with Gasteiger partial charge >= 0.3 is 0 Å². The fourth-order valence-electron chi connectivity index (χ4n) is 2.13. The number of benzene rings is 2. The fourth-order valence-corrected chi connectivity index (χ4v) is 2.13. The van der Waals surface area contributed by atoms with Crippen molar-refractivity contribution in [3.05, 3.63) is 71.0 Å². The maximum Gasteiger partial charge on any atom is 0.127 e. The predicted molar refractivity (Wildman–Crippen MR) is 83.9 cm³/mol. The van der Waals surface area contributed by atoms with Crippen LogP contribution in [0.5, 0.6) is 0 Å². The Morgan fingerprint density at radius 3 is 2.43 bits per heavy atom. The fraction of sp³-hybridized carbons (Fsp3) is 0.222. The molecule has 2 N–H and O–H groups in total. The molecular formula is C18H19FN2. The van der Waals surface area contributed by atoms with Gasteiger partial charge in [0, 0.05) is 24.2 Å². The third-order valence-electron chi connectivity index (χ3n) is 3.14. The topological polar surface area (TPSA) is 29.3 Å². The molecule has 3 heteroatoms. The molecule has 2 aromatic carbocycles. The van der Waals surface area contributed by atoms with Gasteiger partial charge in [-0.15, -0.1) is 0 Å². The molecule has 21 heavy (non-hydrogen) atoms. The number of rotatable bonds is 4. The van der Waals surface area contributed by atoms with Gasteiger partial charge in [0.2, 0.25) is 0 Å². The van der Waals surface area contributed by atoms with Gasteiger partial charge in [0.15, 0.2) is 0 Å². The van der Waals surface area contributed by atoms with Crippen molar-refractivity contribution in [2.45, 2.75) is 13.1 Å². The maximum absolute atomic E-state index is 13.6. The Labute approximate surface area is 125 Å². The van der Waals surface area contributed by atoms with Crippen LogP contribution in [-0.2, 0) is 13.1 Å². The van der Waals surface area contributed by atoms with Crippen molar-refractivity contribution in [1.29, 1.82) is 0 Å². The minimum absolute atomic E-state index is 0.156. The van der Waals surface area contributed by atoms with E-state index >= 15 is 0 Å². The predicted octanol–water partition coefficient (Wildman–Crippen LogP) is 2.77. The molecule has 2 aromatic rings. The summed E-state index contributed by atoms with van der Waals surface area (Å²) in [4.78, 5) is 2.08. The molecule has 0 unspecified atom stereocenters. The molecule has 0 spiro atoms. The smallest absolute Gasteiger partial charge is 0.127 e. The van der Waals surface area contributed by atoms with E-state index in [9.17, 15) is 4.39 Å². The molecule has 0 aliphatic carbocycles. The molecule has 0 saturated carbocycles. The lowest BCUT2D eigenvalue weighted by molar-refractivity contribution is 0.313. The van der Waals surface area contributed by atoms with E-state index in [1.165, 1.54) is 11.6 Å². The quantitative estimate of drug-likeness (QED) is 0.874. The van der Waals surface area contributed by atoms with Crippen molar-refractivity contribution < 1.29 is 4.39 Å². The van der Waals surface area contributed by atoms with Gasteiger partial charge in [0.05, 0.1) is 6.54 Å². The van der Waals surface area contributed by atoms with E-state index in [1.54, 1.807) is 6.07 Å². The van der Waals surface area contributed by atoms with Crippen LogP contribution in [0.25, 0.3) is 0 Å². The maximum atomic E-state index is 13.6. The first kappa shape index (κ1) is 15.2. The minimum atomic E-state index is -0.156. The number of hydrogen-bond acceptors (Lipinski definition) is 2. The van der Waals surface area contributed by atoms with Crippen LogP contribution in [0.1, 0.15) is 16.7 Å². The van der Waals surface area contributed by atoms with E-state index in [2.05, 4.69) is 16.7 Å². The Hall–Kier alpha value is -2.15. The molecule has 0 amide bonds. The van der Waals surface area contributed by atoms with Gasteiger partial charge in [-0.1, -0.05) is 42.2 Å². The summed E-state index contributed by atoms with van der Waals surface area (Å²) in [6.07, 6.45) is 0. The standard InChI is InChI=1S/C18H19FN2/c1-21(14-17-6-2-3-7-18(17)19)13-16-10-8-15(9-11-16)5-4-12-20/h2-3,6-11H,12-14,20H2,1H3. The highest BCUT2D eigenvalue weighted by Crippen LogP contribution is 2.12. The summed E-state index contributed by atoms with van der Waals surface area (Å²) in [6.45, 7) is 1.72. The van der Waals surface area contributed by atoms with Crippen molar-refractivity contribution in [1.82, 2.24) is 4.90 Å². The Kier molecular flexibility index (Phi) is 5.51. The van der Waals surface area contributed by atoms with Crippen LogP contribution in [0.3, 0.4) is 0 Å². The summed E-state index contributed by atoms with van der Waals surface area (Å²) in [7, 11) is 1.98. The van der Waals surface area contributed by atoms with E-state index in [0.29, 0.717) is 18.7 Å². The summed E-state index contributed by atoms with van der Waals surface area (Å²) in [5.74, 6) is 5.67. The second kappa shape index (κ2) is 7.58. The van der Waals surface area contributed by atoms with Gasteiger partial charge < -0.3 is 5.73 Å². The van der Waals surface area contributed by atoms with Crippen LogP contribution < -0.4 is 5.73 Å². The van der Waals surface area contributed by atoms with E-state index in [4.69, 9.17) is 5.73 Å². The van der Waals surface area contributed by atoms with Crippen molar-refractivity contribution >= 4 is 0 Å². The first-order valence-electron chi connectivity index (χ1n) is 6.89. The highest BCUT2D eigenvalue weighted by atomic mass is 19.1. The highest BCUT2D eigenvalue weighted by Gasteiger charge is 2.05. The van der Waals surface area contributed by atoms with Crippen LogP contribution in [0.15, 0.2) is 48.5 Å². The molecule has 0 fully saturated rings. The third-order valence-corrected chi connectivity index (χ3v) is 3.14. The second-order valence-electron chi connectivity index (χ2n) is 4.97. The Morgan fingerprint density at radius 1 is 1.05 bits per heavy atom. The average molecular weight is 282 g/mol. The normalized spacial score (nSPS) is 10.3. The van der Waals surface area contributed by atoms with Crippen LogP contribution >= 0.6 is 0 Å². The van der Waals surface area contributed by atoms with E-state index in [0.717, 1.165) is 12.1 Å². The summed E-state index contributed by atoms with van der Waals surface area (Å²) in [5.41, 5.74) is 8.19. The SMILES string of the molecule is CN(Cc1ccc(C#CCN)cc1)Cc1ccccc1F. The highest BCUT2D eigenvalue weighted by molar-refractivity contribution is 5.36. The zero-order chi connectivity index (χ0) is 15.1. The number of halogens is 1. The molecule has 0 aliphatic rings. The van der Waals surface area contributed by atoms with Crippen LogP contribution in [0, 0.1) is 17.7 Å². The lowest BCUT2D eigenvalue weighted by Crippen LogP contribution is -2.17. The van der Waals surface area contributed by atoms with Gasteiger partial charge in [-0.05, 0) is 30.8 Å². The monoisotopic (exact) mass is 282 g/mol. The van der Waals surface area contributed by atoms with Crippen molar-refractivity contribution in [2.24, 2.45) is 5.73 Å². The third kappa shape index (κ3) is 4.71. The van der Waals surface area contributed by atoms with E-state index in [-0.39, 0.29) is 5.82 Å². The summed E-state index contributed by atoms with van der Waals surface area (Å²) < 4.78 is 13.6. The largest absolute Gasteiger partial charge is 0.320 e. The van der Waals surface area contributed by atoms with E-state index < -0.39 is 0 Å². The van der Waals surface area contributed by atoms with Crippen molar-refractivity contribution in [3.63, 3.8) is 0 Å². The molecule has 0 heterocycles. The molecule has 2 rings (SSSR count). The molecular weight excluding hydrogens is 263 g/mol. The van der Waals surface area contributed by atoms with Gasteiger partial charge in [-0.2, -0.15) is 0 Å². The summed E-state index contributed by atoms with van der Waals surface area (Å²) >= 11 is 0. The molecule has 0 saturated heterocycles. The molecule has 0 atom stereocenters. The Morgan fingerprint density at radius 2 is 1.76 bits per heavy atom. The minimum Gasteiger partial charge on any atom is -0.320 e. The molecule has 0 bridgehead atoms. The zero-order valence-corrected chi connectivity index (χ0v) is 12.1. The number of hydrogen-bond donors (Lipinski definition) is 1. The van der Waals surface area contributed by atoms with Crippen LogP contribution in [0.4, 0.5) is 4.39 Å². The van der Waals surface area contributed by atoms with E-state index in [1.807, 2.05) is 43.4 Å². The van der Waals surface area contributed by atoms with Gasteiger partial charge in [-0.25, -0.2) is 4.39 Å². The molecule has 2 nitrogen and oxygen atoms in total. The lowest BCUT2D eigenvalue weighted by Gasteiger charge is -2.17.